The van der Waals surface area contributed by atoms with Gasteiger partial charge in [0.1, 0.15) is 6.29 Å². The van der Waals surface area contributed by atoms with Crippen LogP contribution in [0.1, 0.15) is 46.3 Å². The first-order valence-corrected chi connectivity index (χ1v) is 7.52. The van der Waals surface area contributed by atoms with Gasteiger partial charge in [0.25, 0.3) is 0 Å². The van der Waals surface area contributed by atoms with Crippen LogP contribution in [0.25, 0.3) is 0 Å². The van der Waals surface area contributed by atoms with Gasteiger partial charge in [0, 0.05) is 12.0 Å². The van der Waals surface area contributed by atoms with E-state index in [0.717, 1.165) is 17.4 Å². The molecule has 1 unspecified atom stereocenters. The lowest BCUT2D eigenvalue weighted by atomic mass is 9.70. The Bertz CT molecular complexity index is 678. The first-order chi connectivity index (χ1) is 10.7. The van der Waals surface area contributed by atoms with Crippen LogP contribution in [0.2, 0.25) is 0 Å². The van der Waals surface area contributed by atoms with Crippen LogP contribution < -0.4 is 0 Å². The lowest BCUT2D eigenvalue weighted by molar-refractivity contribution is -0.109. The molecule has 0 saturated carbocycles. The minimum absolute atomic E-state index is 0.0202. The van der Waals surface area contributed by atoms with E-state index in [1.165, 1.54) is 0 Å². The lowest BCUT2D eigenvalue weighted by Crippen LogP contribution is -2.30. The minimum atomic E-state index is -0.610. The van der Waals surface area contributed by atoms with Crippen molar-refractivity contribution < 1.29 is 14.7 Å². The summed E-state index contributed by atoms with van der Waals surface area (Å²) in [6, 6.07) is 16.6. The van der Waals surface area contributed by atoms with Crippen LogP contribution in [-0.4, -0.2) is 17.2 Å². The summed E-state index contributed by atoms with van der Waals surface area (Å²) < 4.78 is 0. The fraction of sp³-hybridized carbons (Fsp3) is 0.263. The monoisotopic (exact) mass is 294 g/mol. The predicted molar refractivity (Wildman–Crippen MR) is 83.7 cm³/mol. The van der Waals surface area contributed by atoms with Gasteiger partial charge in [0.05, 0.1) is 12.0 Å². The summed E-state index contributed by atoms with van der Waals surface area (Å²) in [5.41, 5.74) is 2.30. The molecule has 0 aliphatic heterocycles. The number of ketones is 1. The quantitative estimate of drug-likeness (QED) is 0.695. The number of rotatable bonds is 4. The molecule has 0 heterocycles. The number of Topliss-reactive ketones (excluding diaryl/α,β-unsaturated/α-hetero) is 1. The highest BCUT2D eigenvalue weighted by Crippen LogP contribution is 2.44. The number of aliphatic hydroxyl groups excluding tert-OH is 1. The van der Waals surface area contributed by atoms with E-state index in [4.69, 9.17) is 0 Å². The maximum Gasteiger partial charge on any atom is 0.170 e. The van der Waals surface area contributed by atoms with E-state index >= 15 is 0 Å². The second-order valence-corrected chi connectivity index (χ2v) is 5.75. The molecule has 0 radical (unpaired) electrons. The fourth-order valence-corrected chi connectivity index (χ4v) is 3.39. The van der Waals surface area contributed by atoms with Crippen LogP contribution >= 0.6 is 0 Å². The molecule has 3 nitrogen and oxygen atoms in total. The Balaban J connectivity index is 2.06. The van der Waals surface area contributed by atoms with Crippen molar-refractivity contribution in [2.24, 2.45) is 5.92 Å². The molecule has 3 atom stereocenters. The second-order valence-electron chi connectivity index (χ2n) is 5.75. The molecular weight excluding hydrogens is 276 g/mol. The van der Waals surface area contributed by atoms with Gasteiger partial charge in [-0.15, -0.1) is 0 Å². The van der Waals surface area contributed by atoms with Crippen molar-refractivity contribution in [3.8, 4) is 0 Å². The smallest absolute Gasteiger partial charge is 0.170 e. The van der Waals surface area contributed by atoms with Crippen LogP contribution in [0.3, 0.4) is 0 Å². The summed E-state index contributed by atoms with van der Waals surface area (Å²) in [7, 11) is 0. The number of hydrogen-bond acceptors (Lipinski definition) is 3. The average Bonchev–Trinajstić information content (AvgIpc) is 2.56. The van der Waals surface area contributed by atoms with Crippen molar-refractivity contribution in [1.29, 1.82) is 0 Å². The summed E-state index contributed by atoms with van der Waals surface area (Å²) in [4.78, 5) is 24.0. The van der Waals surface area contributed by atoms with Crippen LogP contribution in [0, 0.1) is 5.92 Å². The fourth-order valence-electron chi connectivity index (χ4n) is 3.39. The summed E-state index contributed by atoms with van der Waals surface area (Å²) in [5.74, 6) is -0.505. The van der Waals surface area contributed by atoms with E-state index in [1.54, 1.807) is 12.1 Å². The Hall–Kier alpha value is -2.26. The Morgan fingerprint density at radius 3 is 2.36 bits per heavy atom. The Morgan fingerprint density at radius 2 is 1.68 bits per heavy atom. The van der Waals surface area contributed by atoms with Crippen molar-refractivity contribution in [2.45, 2.75) is 24.9 Å². The van der Waals surface area contributed by atoms with Crippen LogP contribution in [0.5, 0.6) is 0 Å². The summed E-state index contributed by atoms with van der Waals surface area (Å²) in [5, 5.41) is 10.3. The largest absolute Gasteiger partial charge is 0.388 e. The molecule has 0 aromatic heterocycles. The molecule has 0 fully saturated rings. The molecule has 0 saturated heterocycles. The molecule has 2 aromatic rings. The minimum Gasteiger partial charge on any atom is -0.388 e. The molecule has 3 rings (SSSR count). The van der Waals surface area contributed by atoms with Crippen LogP contribution in [0.4, 0.5) is 0 Å². The van der Waals surface area contributed by atoms with Gasteiger partial charge in [-0.2, -0.15) is 0 Å². The molecule has 1 aliphatic rings. The van der Waals surface area contributed by atoms with E-state index in [-0.39, 0.29) is 24.0 Å². The number of hydrogen-bond donors (Lipinski definition) is 1. The van der Waals surface area contributed by atoms with Crippen molar-refractivity contribution in [1.82, 2.24) is 0 Å². The van der Waals surface area contributed by atoms with Crippen LogP contribution in [-0.2, 0) is 4.79 Å². The highest BCUT2D eigenvalue weighted by Gasteiger charge is 2.38. The van der Waals surface area contributed by atoms with Crippen molar-refractivity contribution in [3.63, 3.8) is 0 Å². The average molecular weight is 294 g/mol. The van der Waals surface area contributed by atoms with Gasteiger partial charge in [-0.25, -0.2) is 0 Å². The van der Waals surface area contributed by atoms with E-state index in [0.29, 0.717) is 12.0 Å². The number of fused-ring (bicyclic) bond motifs is 1. The Morgan fingerprint density at radius 1 is 1.05 bits per heavy atom. The van der Waals surface area contributed by atoms with Crippen molar-refractivity contribution in [3.05, 3.63) is 71.3 Å². The maximum atomic E-state index is 13.0. The number of benzene rings is 2. The number of carbonyl (C=O) groups excluding carboxylic acids is 2. The molecule has 112 valence electrons. The topological polar surface area (TPSA) is 54.4 Å². The molecule has 1 N–H and O–H groups in total. The van der Waals surface area contributed by atoms with E-state index in [1.807, 2.05) is 42.5 Å². The Labute approximate surface area is 129 Å². The zero-order valence-corrected chi connectivity index (χ0v) is 12.2. The molecule has 1 aliphatic carbocycles. The highest BCUT2D eigenvalue weighted by atomic mass is 16.3. The Kier molecular flexibility index (Phi) is 4.16. The molecule has 0 amide bonds. The number of carbonyl (C=O) groups is 2. The third-order valence-electron chi connectivity index (χ3n) is 4.43. The number of aliphatic hydroxyl groups is 1. The van der Waals surface area contributed by atoms with E-state index < -0.39 is 6.10 Å². The third-order valence-corrected chi connectivity index (χ3v) is 4.43. The molecule has 0 spiro atoms. The zero-order chi connectivity index (χ0) is 15.5. The van der Waals surface area contributed by atoms with Gasteiger partial charge in [-0.1, -0.05) is 54.6 Å². The zero-order valence-electron chi connectivity index (χ0n) is 12.2. The molecule has 2 aromatic carbocycles. The molecule has 22 heavy (non-hydrogen) atoms. The SMILES string of the molecule is O=CC[C@H]1C[C@H](O)c2ccccc2C1C(=O)c1ccccc1. The van der Waals surface area contributed by atoms with Gasteiger partial charge in [-0.05, 0) is 23.5 Å². The summed E-state index contributed by atoms with van der Waals surface area (Å²) in [6.07, 6.45) is 0.963. The first kappa shape index (κ1) is 14.7. The number of aldehydes is 1. The van der Waals surface area contributed by atoms with Gasteiger partial charge in [-0.3, -0.25) is 4.79 Å². The van der Waals surface area contributed by atoms with Crippen molar-refractivity contribution >= 4 is 12.1 Å². The van der Waals surface area contributed by atoms with Crippen molar-refractivity contribution in [2.75, 3.05) is 0 Å². The highest BCUT2D eigenvalue weighted by molar-refractivity contribution is 6.01. The third kappa shape index (κ3) is 2.60. The van der Waals surface area contributed by atoms with E-state index in [2.05, 4.69) is 0 Å². The first-order valence-electron chi connectivity index (χ1n) is 7.52. The molecule has 0 bridgehead atoms. The standard InChI is InChI=1S/C19H18O3/c20-11-10-14-12-17(21)15-8-4-5-9-16(15)18(14)19(22)13-6-2-1-3-7-13/h1-9,11,14,17-18,21H,10,12H2/t14-,17-,18?/m0/s1. The van der Waals surface area contributed by atoms with Gasteiger partial charge in [0.15, 0.2) is 5.78 Å². The van der Waals surface area contributed by atoms with Crippen LogP contribution in [0.15, 0.2) is 54.6 Å². The second kappa shape index (κ2) is 6.24. The molecule has 3 heteroatoms. The summed E-state index contributed by atoms with van der Waals surface area (Å²) >= 11 is 0. The maximum absolute atomic E-state index is 13.0. The van der Waals surface area contributed by atoms with E-state index in [9.17, 15) is 14.7 Å². The normalized spacial score (nSPS) is 23.6. The molecular formula is C19H18O3. The van der Waals surface area contributed by atoms with Gasteiger partial charge < -0.3 is 9.90 Å². The lowest BCUT2D eigenvalue weighted by Gasteiger charge is -2.34. The predicted octanol–water partition coefficient (Wildman–Crippen LogP) is 3.30. The summed E-state index contributed by atoms with van der Waals surface area (Å²) in [6.45, 7) is 0. The van der Waals surface area contributed by atoms with Gasteiger partial charge in [0.2, 0.25) is 0 Å². The van der Waals surface area contributed by atoms with Gasteiger partial charge >= 0.3 is 0 Å².